The molecule has 0 saturated carbocycles. The summed E-state index contributed by atoms with van der Waals surface area (Å²) in [6.07, 6.45) is 7.01. The van der Waals surface area contributed by atoms with E-state index in [2.05, 4.69) is 46.1 Å². The number of nitrogens with zero attached hydrogens (tertiary/aromatic N) is 2. The first-order valence-electron chi connectivity index (χ1n) is 7.23. The zero-order valence-corrected chi connectivity index (χ0v) is 11.3. The molecule has 2 heterocycles. The van der Waals surface area contributed by atoms with E-state index in [1.807, 2.05) is 0 Å². The predicted molar refractivity (Wildman–Crippen MR) is 78.2 cm³/mol. The topological polar surface area (TPSA) is 28.4 Å². The van der Waals surface area contributed by atoms with Crippen LogP contribution in [-0.2, 0) is 6.54 Å². The molecule has 3 rings (SSSR count). The molecule has 0 atom stereocenters. The van der Waals surface area contributed by atoms with Crippen LogP contribution < -0.4 is 0 Å². The third-order valence-electron chi connectivity index (χ3n) is 4.20. The van der Waals surface area contributed by atoms with Gasteiger partial charge >= 0.3 is 0 Å². The quantitative estimate of drug-likeness (QED) is 0.912. The normalized spacial score (nSPS) is 18.2. The molecule has 0 amide bonds. The first kappa shape index (κ1) is 12.7. The van der Waals surface area contributed by atoms with Gasteiger partial charge in [-0.3, -0.25) is 0 Å². The van der Waals surface area contributed by atoms with E-state index in [4.69, 9.17) is 5.11 Å². The minimum absolute atomic E-state index is 0.285. The Kier molecular flexibility index (Phi) is 3.85. The molecule has 1 saturated heterocycles. The Morgan fingerprint density at radius 2 is 1.68 bits per heavy atom. The number of fused-ring (bicyclic) bond motifs is 1. The lowest BCUT2D eigenvalue weighted by atomic mass is 9.97. The number of hydrogen-bond acceptors (Lipinski definition) is 2. The van der Waals surface area contributed by atoms with E-state index in [1.165, 1.54) is 23.6 Å². The first-order chi connectivity index (χ1) is 9.35. The molecule has 1 fully saturated rings. The first-order valence-corrected chi connectivity index (χ1v) is 7.23. The van der Waals surface area contributed by atoms with Crippen molar-refractivity contribution in [2.75, 3.05) is 26.2 Å². The summed E-state index contributed by atoms with van der Waals surface area (Å²) in [7, 11) is 0. The molecule has 1 aliphatic rings. The van der Waals surface area contributed by atoms with Crippen molar-refractivity contribution in [1.29, 1.82) is 0 Å². The fourth-order valence-electron chi connectivity index (χ4n) is 3.08. The van der Waals surface area contributed by atoms with Crippen LogP contribution in [-0.4, -0.2) is 40.8 Å². The highest BCUT2D eigenvalue weighted by molar-refractivity contribution is 5.81. The van der Waals surface area contributed by atoms with Gasteiger partial charge in [-0.25, -0.2) is 0 Å². The van der Waals surface area contributed by atoms with E-state index >= 15 is 0 Å². The summed E-state index contributed by atoms with van der Waals surface area (Å²) in [6, 6.07) is 8.55. The van der Waals surface area contributed by atoms with E-state index in [0.29, 0.717) is 0 Å². The van der Waals surface area contributed by atoms with Crippen molar-refractivity contribution in [3.8, 4) is 0 Å². The molecule has 3 heteroatoms. The van der Waals surface area contributed by atoms with Gasteiger partial charge in [0.05, 0.1) is 6.61 Å². The molecule has 0 unspecified atom stereocenters. The van der Waals surface area contributed by atoms with E-state index in [9.17, 15) is 0 Å². The van der Waals surface area contributed by atoms with Gasteiger partial charge < -0.3 is 14.6 Å². The fourth-order valence-corrected chi connectivity index (χ4v) is 3.08. The van der Waals surface area contributed by atoms with Crippen molar-refractivity contribution >= 4 is 10.8 Å². The molecular formula is C16H22N2O. The number of rotatable bonds is 4. The van der Waals surface area contributed by atoms with Crippen LogP contribution in [0, 0.1) is 5.92 Å². The molecule has 1 aromatic heterocycles. The number of aromatic nitrogens is 1. The number of aliphatic hydroxyl groups is 1. The second-order valence-electron chi connectivity index (χ2n) is 5.59. The number of hydrogen-bond donors (Lipinski definition) is 1. The Bertz CT molecular complexity index is 493. The van der Waals surface area contributed by atoms with Gasteiger partial charge in [-0.1, -0.05) is 24.3 Å². The molecule has 102 valence electrons. The number of aliphatic hydroxyl groups excluding tert-OH is 1. The molecule has 2 aromatic rings. The highest BCUT2D eigenvalue weighted by Gasteiger charge is 2.18. The number of benzene rings is 1. The molecule has 1 aliphatic heterocycles. The number of likely N-dealkylation sites (tertiary alicyclic amines) is 1. The van der Waals surface area contributed by atoms with Crippen molar-refractivity contribution in [2.45, 2.75) is 19.4 Å². The maximum atomic E-state index is 8.95. The standard InChI is InChI=1S/C16H22N2O/c19-10-9-17-7-5-14(6-8-17)11-18-12-15-3-1-2-4-16(15)13-18/h1-4,12-14,19H,5-11H2. The van der Waals surface area contributed by atoms with Crippen LogP contribution in [0.2, 0.25) is 0 Å². The van der Waals surface area contributed by atoms with Crippen LogP contribution in [0.25, 0.3) is 10.8 Å². The second kappa shape index (κ2) is 5.76. The summed E-state index contributed by atoms with van der Waals surface area (Å²) in [6.45, 7) is 4.51. The summed E-state index contributed by atoms with van der Waals surface area (Å²) in [4.78, 5) is 2.36. The molecule has 19 heavy (non-hydrogen) atoms. The van der Waals surface area contributed by atoms with Gasteiger partial charge in [0.1, 0.15) is 0 Å². The second-order valence-corrected chi connectivity index (χ2v) is 5.59. The van der Waals surface area contributed by atoms with Crippen molar-refractivity contribution < 1.29 is 5.11 Å². The number of β-amino-alcohol motifs (C(OH)–C–C–N with tert-alkyl or cyclic N) is 1. The Balaban J connectivity index is 1.60. The number of piperidine rings is 1. The summed E-state index contributed by atoms with van der Waals surface area (Å²) in [5.74, 6) is 0.775. The molecule has 0 aliphatic carbocycles. The van der Waals surface area contributed by atoms with Crippen molar-refractivity contribution in [2.24, 2.45) is 5.92 Å². The van der Waals surface area contributed by atoms with Crippen molar-refractivity contribution in [3.63, 3.8) is 0 Å². The highest BCUT2D eigenvalue weighted by Crippen LogP contribution is 2.21. The van der Waals surface area contributed by atoms with Gasteiger partial charge in [0.2, 0.25) is 0 Å². The SMILES string of the molecule is OCCN1CCC(Cn2cc3ccccc3c2)CC1. The largest absolute Gasteiger partial charge is 0.395 e. The highest BCUT2D eigenvalue weighted by atomic mass is 16.3. The van der Waals surface area contributed by atoms with E-state index in [0.717, 1.165) is 32.1 Å². The third-order valence-corrected chi connectivity index (χ3v) is 4.20. The predicted octanol–water partition coefficient (Wildman–Crippen LogP) is 2.35. The van der Waals surface area contributed by atoms with Crippen molar-refractivity contribution in [3.05, 3.63) is 36.7 Å². The van der Waals surface area contributed by atoms with E-state index in [-0.39, 0.29) is 6.61 Å². The lowest BCUT2D eigenvalue weighted by Crippen LogP contribution is -2.36. The van der Waals surface area contributed by atoms with Gasteiger partial charge in [-0.2, -0.15) is 0 Å². The molecule has 1 N–H and O–H groups in total. The summed E-state index contributed by atoms with van der Waals surface area (Å²) < 4.78 is 2.34. The summed E-state index contributed by atoms with van der Waals surface area (Å²) in [5, 5.41) is 11.6. The van der Waals surface area contributed by atoms with Gasteiger partial charge in [-0.15, -0.1) is 0 Å². The van der Waals surface area contributed by atoms with Crippen LogP contribution >= 0.6 is 0 Å². The molecular weight excluding hydrogens is 236 g/mol. The van der Waals surface area contributed by atoms with E-state index < -0.39 is 0 Å². The Morgan fingerprint density at radius 3 is 2.26 bits per heavy atom. The Morgan fingerprint density at radius 1 is 1.05 bits per heavy atom. The van der Waals surface area contributed by atoms with Gasteiger partial charge in [-0.05, 0) is 42.6 Å². The minimum Gasteiger partial charge on any atom is -0.395 e. The van der Waals surface area contributed by atoms with Crippen LogP contribution in [0.5, 0.6) is 0 Å². The lowest BCUT2D eigenvalue weighted by Gasteiger charge is -2.31. The Labute approximate surface area is 114 Å². The average Bonchev–Trinajstić information content (AvgIpc) is 2.83. The van der Waals surface area contributed by atoms with E-state index in [1.54, 1.807) is 0 Å². The monoisotopic (exact) mass is 258 g/mol. The zero-order chi connectivity index (χ0) is 13.1. The minimum atomic E-state index is 0.285. The molecule has 0 radical (unpaired) electrons. The van der Waals surface area contributed by atoms with Crippen molar-refractivity contribution in [1.82, 2.24) is 9.47 Å². The molecule has 3 nitrogen and oxygen atoms in total. The summed E-state index contributed by atoms with van der Waals surface area (Å²) in [5.41, 5.74) is 0. The fraction of sp³-hybridized carbons (Fsp3) is 0.500. The van der Waals surface area contributed by atoms with Crippen LogP contribution in [0.1, 0.15) is 12.8 Å². The van der Waals surface area contributed by atoms with Crippen LogP contribution in [0.4, 0.5) is 0 Å². The maximum absolute atomic E-state index is 8.95. The maximum Gasteiger partial charge on any atom is 0.0558 e. The van der Waals surface area contributed by atoms with Gasteiger partial charge in [0, 0.05) is 25.5 Å². The third kappa shape index (κ3) is 2.99. The van der Waals surface area contributed by atoms with Crippen LogP contribution in [0.3, 0.4) is 0 Å². The smallest absolute Gasteiger partial charge is 0.0558 e. The van der Waals surface area contributed by atoms with Gasteiger partial charge in [0.25, 0.3) is 0 Å². The molecule has 0 spiro atoms. The lowest BCUT2D eigenvalue weighted by molar-refractivity contribution is 0.141. The zero-order valence-electron chi connectivity index (χ0n) is 11.3. The van der Waals surface area contributed by atoms with Crippen LogP contribution in [0.15, 0.2) is 36.7 Å². The summed E-state index contributed by atoms with van der Waals surface area (Å²) >= 11 is 0. The average molecular weight is 258 g/mol. The van der Waals surface area contributed by atoms with Gasteiger partial charge in [0.15, 0.2) is 0 Å². The Hall–Kier alpha value is -1.32. The molecule has 1 aromatic carbocycles. The molecule has 0 bridgehead atoms.